The van der Waals surface area contributed by atoms with Gasteiger partial charge >= 0.3 is 6.09 Å². The van der Waals surface area contributed by atoms with Crippen molar-refractivity contribution in [1.29, 1.82) is 0 Å². The summed E-state index contributed by atoms with van der Waals surface area (Å²) in [4.78, 5) is 18.2. The van der Waals surface area contributed by atoms with Crippen molar-refractivity contribution in [3.8, 4) is 0 Å². The minimum Gasteiger partial charge on any atom is -0.449 e. The van der Waals surface area contributed by atoms with E-state index in [1.54, 1.807) is 0 Å². The molecule has 1 aromatic carbocycles. The van der Waals surface area contributed by atoms with Gasteiger partial charge in [-0.15, -0.1) is 0 Å². The summed E-state index contributed by atoms with van der Waals surface area (Å²) in [5.74, 6) is 0.794. The second-order valence-electron chi connectivity index (χ2n) is 5.58. The highest BCUT2D eigenvalue weighted by Gasteiger charge is 2.14. The molecule has 5 nitrogen and oxygen atoms in total. The second-order valence-corrected chi connectivity index (χ2v) is 5.58. The number of H-pyrrole nitrogens is 1. The molecule has 1 amide bonds. The van der Waals surface area contributed by atoms with Crippen LogP contribution in [0.15, 0.2) is 18.2 Å². The fourth-order valence-electron chi connectivity index (χ4n) is 1.90. The lowest BCUT2D eigenvalue weighted by atomic mass is 9.87. The monoisotopic (exact) mass is 261 g/mol. The van der Waals surface area contributed by atoms with Crippen molar-refractivity contribution >= 4 is 17.1 Å². The molecule has 19 heavy (non-hydrogen) atoms. The lowest BCUT2D eigenvalue weighted by Crippen LogP contribution is -2.15. The number of fused-ring (bicyclic) bond motifs is 1. The summed E-state index contributed by atoms with van der Waals surface area (Å²) in [5.41, 5.74) is 8.19. The summed E-state index contributed by atoms with van der Waals surface area (Å²) >= 11 is 0. The van der Waals surface area contributed by atoms with Crippen molar-refractivity contribution in [1.82, 2.24) is 9.97 Å². The van der Waals surface area contributed by atoms with Gasteiger partial charge < -0.3 is 15.5 Å². The SMILES string of the molecule is CC(C)(C)c1ccc2nc(CCOC(N)=O)[nH]c2c1. The van der Waals surface area contributed by atoms with E-state index in [4.69, 9.17) is 10.5 Å². The number of ether oxygens (including phenoxy) is 1. The molecule has 1 aromatic heterocycles. The maximum Gasteiger partial charge on any atom is 0.404 e. The number of hydrogen-bond acceptors (Lipinski definition) is 3. The van der Waals surface area contributed by atoms with E-state index < -0.39 is 6.09 Å². The molecule has 0 radical (unpaired) electrons. The number of carbonyl (C=O) groups is 1. The number of primary amides is 1. The number of imidazole rings is 1. The molecule has 0 saturated carbocycles. The van der Waals surface area contributed by atoms with Gasteiger partial charge in [-0.3, -0.25) is 0 Å². The second kappa shape index (κ2) is 4.91. The first kappa shape index (κ1) is 13.4. The Morgan fingerprint density at radius 3 is 2.79 bits per heavy atom. The van der Waals surface area contributed by atoms with Crippen LogP contribution in [0.5, 0.6) is 0 Å². The van der Waals surface area contributed by atoms with Crippen LogP contribution in [0, 0.1) is 0 Å². The van der Waals surface area contributed by atoms with Gasteiger partial charge in [0.2, 0.25) is 0 Å². The number of benzene rings is 1. The summed E-state index contributed by atoms with van der Waals surface area (Å²) in [5, 5.41) is 0. The van der Waals surface area contributed by atoms with Gasteiger partial charge in [0.15, 0.2) is 0 Å². The molecule has 102 valence electrons. The topological polar surface area (TPSA) is 81.0 Å². The van der Waals surface area contributed by atoms with Gasteiger partial charge in [0, 0.05) is 6.42 Å². The number of amides is 1. The van der Waals surface area contributed by atoms with Gasteiger partial charge in [0.1, 0.15) is 12.4 Å². The minimum atomic E-state index is -0.758. The number of nitrogens with one attached hydrogen (secondary N) is 1. The molecular formula is C14H19N3O2. The van der Waals surface area contributed by atoms with Crippen molar-refractivity contribution in [2.75, 3.05) is 6.61 Å². The van der Waals surface area contributed by atoms with Gasteiger partial charge in [-0.05, 0) is 23.1 Å². The van der Waals surface area contributed by atoms with Gasteiger partial charge in [0.05, 0.1) is 11.0 Å². The van der Waals surface area contributed by atoms with Crippen LogP contribution in [-0.2, 0) is 16.6 Å². The summed E-state index contributed by atoms with van der Waals surface area (Å²) in [6.07, 6.45) is -0.228. The van der Waals surface area contributed by atoms with E-state index in [0.29, 0.717) is 6.42 Å². The number of nitrogens with two attached hydrogens (primary N) is 1. The molecular weight excluding hydrogens is 242 g/mol. The van der Waals surface area contributed by atoms with Crippen LogP contribution in [0.1, 0.15) is 32.2 Å². The summed E-state index contributed by atoms with van der Waals surface area (Å²) < 4.78 is 4.70. The molecule has 1 heterocycles. The molecule has 3 N–H and O–H groups in total. The summed E-state index contributed by atoms with van der Waals surface area (Å²) in [7, 11) is 0. The van der Waals surface area contributed by atoms with Crippen molar-refractivity contribution in [2.24, 2.45) is 5.73 Å². The third kappa shape index (κ3) is 3.24. The van der Waals surface area contributed by atoms with E-state index in [-0.39, 0.29) is 12.0 Å². The zero-order chi connectivity index (χ0) is 14.0. The van der Waals surface area contributed by atoms with E-state index in [9.17, 15) is 4.79 Å². The van der Waals surface area contributed by atoms with Gasteiger partial charge in [0.25, 0.3) is 0 Å². The van der Waals surface area contributed by atoms with Crippen LogP contribution < -0.4 is 5.73 Å². The molecule has 0 aliphatic heterocycles. The molecule has 0 saturated heterocycles. The Bertz CT molecular complexity index is 596. The first-order valence-corrected chi connectivity index (χ1v) is 6.27. The molecule has 2 aromatic rings. The predicted molar refractivity (Wildman–Crippen MR) is 74.0 cm³/mol. The largest absolute Gasteiger partial charge is 0.449 e. The van der Waals surface area contributed by atoms with E-state index in [1.807, 2.05) is 6.07 Å². The first-order chi connectivity index (χ1) is 8.86. The molecule has 0 bridgehead atoms. The lowest BCUT2D eigenvalue weighted by molar-refractivity contribution is 0.157. The lowest BCUT2D eigenvalue weighted by Gasteiger charge is -2.18. The number of carbonyl (C=O) groups excluding carboxylic acids is 1. The van der Waals surface area contributed by atoms with Crippen molar-refractivity contribution in [2.45, 2.75) is 32.6 Å². The number of aromatic amines is 1. The van der Waals surface area contributed by atoms with Crippen LogP contribution in [0.25, 0.3) is 11.0 Å². The van der Waals surface area contributed by atoms with Crippen LogP contribution in [-0.4, -0.2) is 22.7 Å². The number of rotatable bonds is 3. The molecule has 0 unspecified atom stereocenters. The maximum atomic E-state index is 10.5. The highest BCUT2D eigenvalue weighted by atomic mass is 16.5. The molecule has 5 heteroatoms. The van der Waals surface area contributed by atoms with E-state index >= 15 is 0 Å². The third-order valence-electron chi connectivity index (χ3n) is 2.98. The molecule has 0 aliphatic carbocycles. The van der Waals surface area contributed by atoms with Gasteiger partial charge in [-0.25, -0.2) is 9.78 Å². The number of nitrogens with zero attached hydrogens (tertiary/aromatic N) is 1. The van der Waals surface area contributed by atoms with Gasteiger partial charge in [-0.1, -0.05) is 26.8 Å². The van der Waals surface area contributed by atoms with Gasteiger partial charge in [-0.2, -0.15) is 0 Å². The molecule has 0 fully saturated rings. The smallest absolute Gasteiger partial charge is 0.404 e. The zero-order valence-corrected chi connectivity index (χ0v) is 11.5. The molecule has 0 spiro atoms. The Morgan fingerprint density at radius 2 is 2.16 bits per heavy atom. The van der Waals surface area contributed by atoms with Crippen LogP contribution in [0.2, 0.25) is 0 Å². The summed E-state index contributed by atoms with van der Waals surface area (Å²) in [6.45, 7) is 6.76. The van der Waals surface area contributed by atoms with Crippen molar-refractivity contribution < 1.29 is 9.53 Å². The van der Waals surface area contributed by atoms with Crippen LogP contribution >= 0.6 is 0 Å². The highest BCUT2D eigenvalue weighted by molar-refractivity contribution is 5.76. The predicted octanol–water partition coefficient (Wildman–Crippen LogP) is 2.50. The summed E-state index contributed by atoms with van der Waals surface area (Å²) in [6, 6.07) is 6.21. The third-order valence-corrected chi connectivity index (χ3v) is 2.98. The van der Waals surface area contributed by atoms with Crippen LogP contribution in [0.3, 0.4) is 0 Å². The standard InChI is InChI=1S/C14H19N3O2/c1-14(2,3)9-4-5-10-11(8-9)17-12(16-10)6-7-19-13(15)18/h4-5,8H,6-7H2,1-3H3,(H2,15,18)(H,16,17). The first-order valence-electron chi connectivity index (χ1n) is 6.27. The molecule has 0 atom stereocenters. The molecule has 0 aliphatic rings. The highest BCUT2D eigenvalue weighted by Crippen LogP contribution is 2.25. The Labute approximate surface area is 112 Å². The average molecular weight is 261 g/mol. The fourth-order valence-corrected chi connectivity index (χ4v) is 1.90. The fraction of sp³-hybridized carbons (Fsp3) is 0.429. The Kier molecular flexibility index (Phi) is 3.46. The number of hydrogen-bond donors (Lipinski definition) is 2. The zero-order valence-electron chi connectivity index (χ0n) is 11.5. The van der Waals surface area contributed by atoms with Crippen molar-refractivity contribution in [3.05, 3.63) is 29.6 Å². The normalized spacial score (nSPS) is 11.7. The Hall–Kier alpha value is -2.04. The van der Waals surface area contributed by atoms with E-state index in [2.05, 4.69) is 42.9 Å². The maximum absolute atomic E-state index is 10.5. The minimum absolute atomic E-state index is 0.106. The molecule has 2 rings (SSSR count). The van der Waals surface area contributed by atoms with Crippen LogP contribution in [0.4, 0.5) is 4.79 Å². The van der Waals surface area contributed by atoms with E-state index in [0.717, 1.165) is 16.9 Å². The quantitative estimate of drug-likeness (QED) is 0.890. The van der Waals surface area contributed by atoms with E-state index in [1.165, 1.54) is 5.56 Å². The number of aromatic nitrogens is 2. The Morgan fingerprint density at radius 1 is 1.42 bits per heavy atom. The Balaban J connectivity index is 2.18. The van der Waals surface area contributed by atoms with Crippen molar-refractivity contribution in [3.63, 3.8) is 0 Å². The average Bonchev–Trinajstić information content (AvgIpc) is 2.68.